The molecule has 0 unspecified atom stereocenters. The van der Waals surface area contributed by atoms with Gasteiger partial charge in [-0.05, 0) is 71.5 Å². The molecule has 184 valence electrons. The number of phenolic OH excluding ortho intramolecular Hbond substituents is 5. The Bertz CT molecular complexity index is 1640. The number of fused-ring (bicyclic) bond motifs is 4. The number of phenols is 5. The Balaban J connectivity index is 1.79. The molecule has 0 bridgehead atoms. The molecular weight excluding hydrogens is 472 g/mol. The van der Waals surface area contributed by atoms with Crippen LogP contribution in [0.4, 0.5) is 0 Å². The molecule has 2 aliphatic carbocycles. The Morgan fingerprint density at radius 3 is 1.49 bits per heavy atom. The van der Waals surface area contributed by atoms with Gasteiger partial charge in [0.25, 0.3) is 0 Å². The van der Waals surface area contributed by atoms with Crippen LogP contribution in [0.1, 0.15) is 77.1 Å². The van der Waals surface area contributed by atoms with Gasteiger partial charge in [0.2, 0.25) is 11.6 Å². The number of benzene rings is 4. The third kappa shape index (κ3) is 3.07. The van der Waals surface area contributed by atoms with E-state index >= 15 is 0 Å². The summed E-state index contributed by atoms with van der Waals surface area (Å²) in [5, 5.41) is 53.7. The lowest BCUT2D eigenvalue weighted by Gasteiger charge is -2.38. The molecule has 4 aromatic rings. The number of carbonyl (C=O) groups is 2. The van der Waals surface area contributed by atoms with Crippen molar-refractivity contribution in [3.63, 3.8) is 0 Å². The summed E-state index contributed by atoms with van der Waals surface area (Å²) >= 11 is 0. The highest BCUT2D eigenvalue weighted by Crippen LogP contribution is 2.56. The molecule has 0 saturated heterocycles. The average molecular weight is 494 g/mol. The largest absolute Gasteiger partial charge is 0.508 e. The fourth-order valence-electron chi connectivity index (χ4n) is 6.07. The number of aromatic hydroxyl groups is 5. The molecule has 0 amide bonds. The fraction of sp³-hybridized carbons (Fsp3) is 0.133. The van der Waals surface area contributed by atoms with E-state index in [0.717, 1.165) is 6.07 Å². The molecule has 0 fully saturated rings. The molecule has 2 aliphatic rings. The van der Waals surface area contributed by atoms with E-state index in [0.29, 0.717) is 33.4 Å². The summed E-state index contributed by atoms with van der Waals surface area (Å²) < 4.78 is 0. The van der Waals surface area contributed by atoms with Crippen molar-refractivity contribution < 1.29 is 35.1 Å². The quantitative estimate of drug-likeness (QED) is 0.254. The molecule has 6 rings (SSSR count). The number of rotatable bonds is 1. The maximum Gasteiger partial charge on any atom is 0.201 e. The van der Waals surface area contributed by atoms with E-state index in [1.54, 1.807) is 38.1 Å². The van der Waals surface area contributed by atoms with Gasteiger partial charge in [-0.25, -0.2) is 0 Å². The number of hydrogen-bond acceptors (Lipinski definition) is 7. The first-order valence-corrected chi connectivity index (χ1v) is 11.7. The predicted molar refractivity (Wildman–Crippen MR) is 134 cm³/mol. The molecule has 0 saturated carbocycles. The van der Waals surface area contributed by atoms with Gasteiger partial charge in [-0.1, -0.05) is 24.3 Å². The van der Waals surface area contributed by atoms with Crippen molar-refractivity contribution in [2.75, 3.05) is 0 Å². The first-order chi connectivity index (χ1) is 17.6. The minimum Gasteiger partial charge on any atom is -0.508 e. The Morgan fingerprint density at radius 2 is 0.946 bits per heavy atom. The molecule has 0 heterocycles. The molecular formula is C30H22O7. The SMILES string of the molecule is Cc1cc(O)c2c(c1)[C@@H]([C@H]1c3cccc(O)c3C(=O)c3c(O)cc(C)cc31)c1cc(O)cc(O)c1C2=O. The second kappa shape index (κ2) is 7.61. The van der Waals surface area contributed by atoms with E-state index in [4.69, 9.17) is 0 Å². The van der Waals surface area contributed by atoms with Crippen molar-refractivity contribution >= 4 is 11.6 Å². The zero-order valence-electron chi connectivity index (χ0n) is 19.9. The summed E-state index contributed by atoms with van der Waals surface area (Å²) in [6.07, 6.45) is 0. The molecule has 0 radical (unpaired) electrons. The molecule has 0 spiro atoms. The molecule has 37 heavy (non-hydrogen) atoms. The van der Waals surface area contributed by atoms with Crippen molar-refractivity contribution in [2.45, 2.75) is 25.7 Å². The number of aryl methyl sites for hydroxylation is 2. The first kappa shape index (κ1) is 22.7. The van der Waals surface area contributed by atoms with Crippen molar-refractivity contribution in [1.82, 2.24) is 0 Å². The maximum atomic E-state index is 13.6. The van der Waals surface area contributed by atoms with Gasteiger partial charge in [-0.2, -0.15) is 0 Å². The first-order valence-electron chi connectivity index (χ1n) is 11.7. The van der Waals surface area contributed by atoms with E-state index in [9.17, 15) is 35.1 Å². The lowest BCUT2D eigenvalue weighted by atomic mass is 9.63. The van der Waals surface area contributed by atoms with Crippen LogP contribution in [-0.2, 0) is 0 Å². The maximum absolute atomic E-state index is 13.6. The average Bonchev–Trinajstić information content (AvgIpc) is 2.79. The second-order valence-corrected chi connectivity index (χ2v) is 9.78. The zero-order valence-corrected chi connectivity index (χ0v) is 19.9. The third-order valence-corrected chi connectivity index (χ3v) is 7.37. The Kier molecular flexibility index (Phi) is 4.66. The molecule has 5 N–H and O–H groups in total. The van der Waals surface area contributed by atoms with Gasteiger partial charge in [-0.3, -0.25) is 9.59 Å². The molecule has 2 atom stereocenters. The number of ketones is 2. The molecule has 7 nitrogen and oxygen atoms in total. The zero-order chi connectivity index (χ0) is 26.3. The normalized spacial score (nSPS) is 17.6. The molecule has 4 aromatic carbocycles. The van der Waals surface area contributed by atoms with Gasteiger partial charge >= 0.3 is 0 Å². The second-order valence-electron chi connectivity index (χ2n) is 9.78. The summed E-state index contributed by atoms with van der Waals surface area (Å²) in [6.45, 7) is 3.55. The minimum absolute atomic E-state index is 0.0149. The van der Waals surface area contributed by atoms with E-state index in [2.05, 4.69) is 0 Å². The third-order valence-electron chi connectivity index (χ3n) is 7.37. The minimum atomic E-state index is -0.778. The summed E-state index contributed by atoms with van der Waals surface area (Å²) in [5.41, 5.74) is 3.07. The molecule has 0 aliphatic heterocycles. The van der Waals surface area contributed by atoms with Crippen LogP contribution in [-0.4, -0.2) is 37.1 Å². The monoisotopic (exact) mass is 494 g/mol. The van der Waals surface area contributed by atoms with Gasteiger partial charge in [0.1, 0.15) is 28.7 Å². The molecule has 7 heteroatoms. The number of carbonyl (C=O) groups excluding carboxylic acids is 2. The summed E-state index contributed by atoms with van der Waals surface area (Å²) in [7, 11) is 0. The smallest absolute Gasteiger partial charge is 0.201 e. The van der Waals surface area contributed by atoms with E-state index in [1.165, 1.54) is 24.3 Å². The van der Waals surface area contributed by atoms with Crippen LogP contribution in [0.25, 0.3) is 0 Å². The number of hydrogen-bond donors (Lipinski definition) is 5. The Labute approximate surface area is 211 Å². The van der Waals surface area contributed by atoms with Crippen LogP contribution in [0.2, 0.25) is 0 Å². The van der Waals surface area contributed by atoms with E-state index < -0.39 is 29.2 Å². The van der Waals surface area contributed by atoms with Crippen molar-refractivity contribution in [3.8, 4) is 28.7 Å². The van der Waals surface area contributed by atoms with Crippen molar-refractivity contribution in [1.29, 1.82) is 0 Å². The highest BCUT2D eigenvalue weighted by molar-refractivity contribution is 6.18. The van der Waals surface area contributed by atoms with Gasteiger partial charge in [0.05, 0.1) is 22.3 Å². The van der Waals surface area contributed by atoms with Gasteiger partial charge in [0.15, 0.2) is 0 Å². The highest BCUT2D eigenvalue weighted by atomic mass is 16.3. The molecule has 0 aromatic heterocycles. The highest BCUT2D eigenvalue weighted by Gasteiger charge is 2.45. The topological polar surface area (TPSA) is 135 Å². The Hall–Kier alpha value is -4.78. The van der Waals surface area contributed by atoms with Crippen molar-refractivity contribution in [2.24, 2.45) is 0 Å². The standard InChI is InChI=1S/C30H22O7/c1-12-6-16-23(15-4-3-5-19(32)25(15)29(36)26(16)20(33)8-12)24-17-7-13(2)9-21(34)27(17)30(37)28-18(24)10-14(31)11-22(28)35/h3-11,23-24,31-35H,1-2H3/t23-,24+/m0/s1. The van der Waals surface area contributed by atoms with Crippen LogP contribution in [0.15, 0.2) is 54.6 Å². The summed E-state index contributed by atoms with van der Waals surface area (Å²) in [6, 6.07) is 13.6. The van der Waals surface area contributed by atoms with Crippen LogP contribution in [0.3, 0.4) is 0 Å². The van der Waals surface area contributed by atoms with Crippen LogP contribution in [0, 0.1) is 13.8 Å². The lowest BCUT2D eigenvalue weighted by Crippen LogP contribution is -2.29. The van der Waals surface area contributed by atoms with Crippen LogP contribution < -0.4 is 0 Å². The van der Waals surface area contributed by atoms with Gasteiger partial charge in [0, 0.05) is 17.9 Å². The van der Waals surface area contributed by atoms with Crippen molar-refractivity contribution in [3.05, 3.63) is 110 Å². The van der Waals surface area contributed by atoms with E-state index in [-0.39, 0.29) is 45.3 Å². The fourth-order valence-corrected chi connectivity index (χ4v) is 6.07. The van der Waals surface area contributed by atoms with Gasteiger partial charge < -0.3 is 25.5 Å². The summed E-state index contributed by atoms with van der Waals surface area (Å²) in [5.74, 6) is -4.07. The lowest BCUT2D eigenvalue weighted by molar-refractivity contribution is 0.101. The summed E-state index contributed by atoms with van der Waals surface area (Å²) in [4.78, 5) is 27.1. The Morgan fingerprint density at radius 1 is 0.514 bits per heavy atom. The van der Waals surface area contributed by atoms with Crippen LogP contribution in [0.5, 0.6) is 28.7 Å². The predicted octanol–water partition coefficient (Wildman–Crippen LogP) is 4.88. The van der Waals surface area contributed by atoms with Crippen LogP contribution >= 0.6 is 0 Å². The van der Waals surface area contributed by atoms with Gasteiger partial charge in [-0.15, -0.1) is 0 Å². The van der Waals surface area contributed by atoms with E-state index in [1.807, 2.05) is 0 Å².